The molecule has 1 aromatic carbocycles. The second kappa shape index (κ2) is 15.3. The molecule has 3 fully saturated rings. The molecule has 49 heavy (non-hydrogen) atoms. The number of aromatic nitrogens is 3. The first-order chi connectivity index (χ1) is 23.5. The van der Waals surface area contributed by atoms with E-state index in [1.165, 1.54) is 6.26 Å². The van der Waals surface area contributed by atoms with Gasteiger partial charge < -0.3 is 34.1 Å². The minimum Gasteiger partial charge on any atom is -0.493 e. The normalized spacial score (nSPS) is 23.8. The van der Waals surface area contributed by atoms with Crippen LogP contribution in [0.1, 0.15) is 51.4 Å². The third-order valence-electron chi connectivity index (χ3n) is 9.62. The van der Waals surface area contributed by atoms with Crippen molar-refractivity contribution in [2.45, 2.75) is 75.8 Å². The molecule has 0 spiro atoms. The number of piperidine rings is 1. The van der Waals surface area contributed by atoms with Crippen LogP contribution >= 0.6 is 0 Å². The predicted octanol–water partition coefficient (Wildman–Crippen LogP) is 3.37. The molecule has 0 bridgehead atoms. The molecule has 3 aromatic rings. The number of anilines is 1. The maximum atomic E-state index is 13.3. The van der Waals surface area contributed by atoms with E-state index in [4.69, 9.17) is 19.2 Å². The fraction of sp³-hybridized carbons (Fsp3) is 0.588. The van der Waals surface area contributed by atoms with Crippen LogP contribution in [0, 0.1) is 5.92 Å². The highest BCUT2D eigenvalue weighted by molar-refractivity contribution is 7.90. The fourth-order valence-corrected chi connectivity index (χ4v) is 7.63. The van der Waals surface area contributed by atoms with Crippen molar-refractivity contribution in [3.05, 3.63) is 42.7 Å². The van der Waals surface area contributed by atoms with E-state index >= 15 is 0 Å². The fourth-order valence-electron chi connectivity index (χ4n) is 6.99. The molecule has 3 aliphatic rings. The Hall–Kier alpha value is -3.95. The van der Waals surface area contributed by atoms with Crippen molar-refractivity contribution in [2.24, 2.45) is 5.92 Å². The lowest BCUT2D eigenvalue weighted by Gasteiger charge is -2.36. The van der Waals surface area contributed by atoms with Crippen LogP contribution < -0.4 is 10.1 Å². The van der Waals surface area contributed by atoms with Crippen molar-refractivity contribution >= 4 is 38.8 Å². The SMILES string of the molecule is CN1CC(O)C[C@@H]1OC(=O)OC1CCN(C(=O)C2CCC(Nc3nccc(-n4ccc5c(OCCCS(C)(=O)=O)cccc54)n3)CC2)CC1. The van der Waals surface area contributed by atoms with Crippen LogP contribution in [-0.2, 0) is 24.1 Å². The molecule has 2 aliphatic heterocycles. The second-order valence-electron chi connectivity index (χ2n) is 13.4. The molecule has 1 unspecified atom stereocenters. The third kappa shape index (κ3) is 9.00. The van der Waals surface area contributed by atoms with Gasteiger partial charge in [0.2, 0.25) is 11.9 Å². The van der Waals surface area contributed by atoms with Gasteiger partial charge in [0.25, 0.3) is 0 Å². The first-order valence-corrected chi connectivity index (χ1v) is 19.1. The van der Waals surface area contributed by atoms with E-state index in [2.05, 4.69) is 10.3 Å². The number of likely N-dealkylation sites (N-methyl/N-ethyl adjacent to an activating group) is 1. The molecule has 1 aliphatic carbocycles. The number of likely N-dealkylation sites (tertiary alicyclic amines) is 2. The first-order valence-electron chi connectivity index (χ1n) is 17.1. The van der Waals surface area contributed by atoms with Crippen LogP contribution in [0.25, 0.3) is 16.7 Å². The topological polar surface area (TPSA) is 165 Å². The summed E-state index contributed by atoms with van der Waals surface area (Å²) in [7, 11) is -1.24. The standard InChI is InChI=1S/C34H46N6O8S/c1-38-22-25(41)21-31(38)48-34(43)47-26-12-16-39(17-13-26)32(42)23-7-9-24(10-8-23)36-33-35-15-11-30(37-33)40-18-14-27-28(40)5-3-6-29(27)46-19-4-20-49(2,44)45/h3,5-6,11,14-15,18,23-26,31,41H,4,7-10,12-13,16-17,19-22H2,1-2H3,(H,35,36,37)/t23?,24?,25?,31-/m0/s1. The van der Waals surface area contributed by atoms with E-state index in [1.54, 1.807) is 18.1 Å². The number of amides is 1. The van der Waals surface area contributed by atoms with Crippen LogP contribution in [0.15, 0.2) is 42.7 Å². The Labute approximate surface area is 286 Å². The highest BCUT2D eigenvalue weighted by Gasteiger charge is 2.35. The number of aliphatic hydroxyl groups excluding tert-OH is 1. The molecule has 15 heteroatoms. The number of carbonyl (C=O) groups is 2. The van der Waals surface area contributed by atoms with Gasteiger partial charge >= 0.3 is 6.16 Å². The van der Waals surface area contributed by atoms with Crippen molar-refractivity contribution < 1.29 is 37.3 Å². The van der Waals surface area contributed by atoms with Crippen LogP contribution in [0.4, 0.5) is 10.7 Å². The summed E-state index contributed by atoms with van der Waals surface area (Å²) in [6, 6.07) is 9.72. The smallest absolute Gasteiger partial charge is 0.493 e. The van der Waals surface area contributed by atoms with Crippen LogP contribution in [0.3, 0.4) is 0 Å². The van der Waals surface area contributed by atoms with Crippen LogP contribution in [0.2, 0.25) is 0 Å². The largest absolute Gasteiger partial charge is 0.510 e. The Kier molecular flexibility index (Phi) is 10.9. The van der Waals surface area contributed by atoms with Gasteiger partial charge in [0.1, 0.15) is 27.5 Å². The number of benzene rings is 1. The summed E-state index contributed by atoms with van der Waals surface area (Å²) in [5.41, 5.74) is 0.914. The lowest BCUT2D eigenvalue weighted by Crippen LogP contribution is -2.45. The van der Waals surface area contributed by atoms with Crippen molar-refractivity contribution in [3.63, 3.8) is 0 Å². The van der Waals surface area contributed by atoms with Crippen molar-refractivity contribution in [1.29, 1.82) is 0 Å². The molecule has 2 saturated heterocycles. The monoisotopic (exact) mass is 698 g/mol. The van der Waals surface area contributed by atoms with E-state index in [9.17, 15) is 23.1 Å². The predicted molar refractivity (Wildman–Crippen MR) is 182 cm³/mol. The molecule has 14 nitrogen and oxygen atoms in total. The summed E-state index contributed by atoms with van der Waals surface area (Å²) in [5, 5.41) is 14.1. The molecule has 2 aromatic heterocycles. The maximum absolute atomic E-state index is 13.3. The minimum atomic E-state index is -3.03. The van der Waals surface area contributed by atoms with E-state index in [0.717, 1.165) is 36.6 Å². The van der Waals surface area contributed by atoms with Gasteiger partial charge in [-0.1, -0.05) is 6.07 Å². The average molecular weight is 699 g/mol. The first kappa shape index (κ1) is 34.9. The zero-order valence-electron chi connectivity index (χ0n) is 28.1. The van der Waals surface area contributed by atoms with Gasteiger partial charge in [-0.2, -0.15) is 4.98 Å². The number of ether oxygens (including phenoxy) is 3. The average Bonchev–Trinajstić information content (AvgIpc) is 3.65. The highest BCUT2D eigenvalue weighted by atomic mass is 32.2. The van der Waals surface area contributed by atoms with Gasteiger partial charge in [0, 0.05) is 74.9 Å². The van der Waals surface area contributed by atoms with Crippen LogP contribution in [0.5, 0.6) is 5.75 Å². The number of aliphatic hydroxyl groups is 1. The Bertz CT molecular complexity index is 1720. The molecule has 2 N–H and O–H groups in total. The molecule has 1 saturated carbocycles. The van der Waals surface area contributed by atoms with Gasteiger partial charge in [0.05, 0.1) is 24.0 Å². The number of sulfone groups is 1. The highest BCUT2D eigenvalue weighted by Crippen LogP contribution is 2.31. The van der Waals surface area contributed by atoms with E-state index in [1.807, 2.05) is 46.0 Å². The van der Waals surface area contributed by atoms with E-state index in [0.29, 0.717) is 69.4 Å². The van der Waals surface area contributed by atoms with Gasteiger partial charge in [-0.05, 0) is 63.4 Å². The summed E-state index contributed by atoms with van der Waals surface area (Å²) in [5.74, 6) is 2.13. The van der Waals surface area contributed by atoms with Crippen molar-refractivity contribution in [3.8, 4) is 11.6 Å². The number of hydrogen-bond donors (Lipinski definition) is 2. The maximum Gasteiger partial charge on any atom is 0.510 e. The molecule has 266 valence electrons. The number of rotatable bonds is 11. The van der Waals surface area contributed by atoms with E-state index in [-0.39, 0.29) is 29.7 Å². The van der Waals surface area contributed by atoms with Gasteiger partial charge in [0.15, 0.2) is 6.23 Å². The quantitative estimate of drug-likeness (QED) is 0.222. The molecule has 0 radical (unpaired) electrons. The number of nitrogens with zero attached hydrogens (tertiary/aromatic N) is 5. The Morgan fingerprint density at radius 1 is 1.04 bits per heavy atom. The zero-order chi connectivity index (χ0) is 34.5. The van der Waals surface area contributed by atoms with Crippen LogP contribution in [-0.4, -0.2) is 120 Å². The lowest BCUT2D eigenvalue weighted by atomic mass is 9.85. The third-order valence-corrected chi connectivity index (χ3v) is 10.7. The Balaban J connectivity index is 0.959. The summed E-state index contributed by atoms with van der Waals surface area (Å²) < 4.78 is 41.7. The van der Waals surface area contributed by atoms with E-state index < -0.39 is 28.3 Å². The molecule has 2 atom stereocenters. The molecular weight excluding hydrogens is 652 g/mol. The minimum absolute atomic E-state index is 0.0360. The summed E-state index contributed by atoms with van der Waals surface area (Å²) >= 11 is 0. The Morgan fingerprint density at radius 3 is 2.53 bits per heavy atom. The second-order valence-corrected chi connectivity index (χ2v) is 15.7. The van der Waals surface area contributed by atoms with Gasteiger partial charge in [-0.15, -0.1) is 0 Å². The van der Waals surface area contributed by atoms with Gasteiger partial charge in [-0.3, -0.25) is 9.69 Å². The molecule has 6 rings (SSSR count). The number of β-amino-alcohol motifs (C(OH)–C–C–N with tert-alkyl or cyclic N) is 1. The summed E-state index contributed by atoms with van der Waals surface area (Å²) in [6.45, 7) is 1.86. The zero-order valence-corrected chi connectivity index (χ0v) is 28.9. The summed E-state index contributed by atoms with van der Waals surface area (Å²) in [4.78, 5) is 38.6. The number of hydrogen-bond acceptors (Lipinski definition) is 12. The molecular formula is C34H46N6O8S. The van der Waals surface area contributed by atoms with Gasteiger partial charge in [-0.25, -0.2) is 18.2 Å². The Morgan fingerprint density at radius 2 is 1.82 bits per heavy atom. The van der Waals surface area contributed by atoms with Crippen molar-refractivity contribution in [1.82, 2.24) is 24.3 Å². The molecule has 4 heterocycles. The number of nitrogens with one attached hydrogen (secondary N) is 1. The summed E-state index contributed by atoms with van der Waals surface area (Å²) in [6.07, 6.45) is 8.02. The lowest BCUT2D eigenvalue weighted by molar-refractivity contribution is -0.139. The number of fused-ring (bicyclic) bond motifs is 1. The number of carbonyl (C=O) groups excluding carboxylic acids is 2. The molecule has 1 amide bonds. The van der Waals surface area contributed by atoms with Crippen molar-refractivity contribution in [2.75, 3.05) is 50.6 Å².